The Bertz CT molecular complexity index is 967. The van der Waals surface area contributed by atoms with E-state index in [1.54, 1.807) is 0 Å². The van der Waals surface area contributed by atoms with Crippen LogP contribution in [0.25, 0.3) is 0 Å². The second kappa shape index (κ2) is 55.0. The van der Waals surface area contributed by atoms with Crippen molar-refractivity contribution < 1.29 is 28.6 Å². The second-order valence-electron chi connectivity index (χ2n) is 20.3. The summed E-state index contributed by atoms with van der Waals surface area (Å²) in [6.07, 6.45) is 60.9. The summed E-state index contributed by atoms with van der Waals surface area (Å²) in [4.78, 5) is 38.1. The number of rotatable bonds is 55. The highest BCUT2D eigenvalue weighted by molar-refractivity contribution is 5.71. The third-order valence-electron chi connectivity index (χ3n) is 13.6. The number of carbonyl (C=O) groups excluding carboxylic acids is 3. The first-order valence-electron chi connectivity index (χ1n) is 29.5. The van der Waals surface area contributed by atoms with Crippen LogP contribution in [0.3, 0.4) is 0 Å². The third-order valence-corrected chi connectivity index (χ3v) is 13.6. The molecule has 0 saturated carbocycles. The molecule has 6 nitrogen and oxygen atoms in total. The predicted octanol–water partition coefficient (Wildman–Crippen LogP) is 19.5. The minimum atomic E-state index is -0.761. The lowest BCUT2D eigenvalue weighted by Gasteiger charge is -2.18. The van der Waals surface area contributed by atoms with Crippen molar-refractivity contribution in [2.45, 2.75) is 348 Å². The summed E-state index contributed by atoms with van der Waals surface area (Å²) in [5.74, 6) is -0.830. The lowest BCUT2D eigenvalue weighted by atomic mass is 10.0. The summed E-state index contributed by atoms with van der Waals surface area (Å²) in [5.41, 5.74) is 0. The molecule has 0 amide bonds. The van der Waals surface area contributed by atoms with Gasteiger partial charge in [0.25, 0.3) is 0 Å². The van der Waals surface area contributed by atoms with Crippen LogP contribution in [-0.2, 0) is 28.6 Å². The van der Waals surface area contributed by atoms with Crippen molar-refractivity contribution in [2.75, 3.05) is 13.2 Å². The molecule has 0 aliphatic heterocycles. The topological polar surface area (TPSA) is 78.9 Å². The van der Waals surface area contributed by atoms with E-state index >= 15 is 0 Å². The number of carbonyl (C=O) groups is 3. The summed E-state index contributed by atoms with van der Waals surface area (Å²) in [6, 6.07) is 0. The summed E-state index contributed by atoms with van der Waals surface area (Å²) in [6.45, 7) is 6.71. The molecule has 0 radical (unpaired) electrons. The highest BCUT2D eigenvalue weighted by Crippen LogP contribution is 2.18. The summed E-state index contributed by atoms with van der Waals surface area (Å²) in [5, 5.41) is 0. The molecule has 386 valence electrons. The first kappa shape index (κ1) is 63.4. The Kier molecular flexibility index (Phi) is 53.7. The van der Waals surface area contributed by atoms with E-state index in [2.05, 4.69) is 20.8 Å². The Labute approximate surface area is 406 Å². The van der Waals surface area contributed by atoms with Gasteiger partial charge in [-0.25, -0.2) is 0 Å². The molecule has 6 heteroatoms. The highest BCUT2D eigenvalue weighted by Gasteiger charge is 2.19. The fourth-order valence-corrected chi connectivity index (χ4v) is 9.15. The maximum atomic E-state index is 12.8. The van der Waals surface area contributed by atoms with E-state index in [1.807, 2.05) is 0 Å². The van der Waals surface area contributed by atoms with Gasteiger partial charge in [0, 0.05) is 19.3 Å². The standard InChI is InChI=1S/C59H114O6/c1-4-7-10-13-16-19-22-25-28-29-30-32-34-37-40-43-46-49-52-58(61)64-55-56(54-63-57(60)51-48-45-42-39-36-33-27-24-21-18-15-12-9-6-3)65-59(62)53-50-47-44-41-38-35-31-26-23-20-17-14-11-8-5-2/h56H,4-55H2,1-3H3/t56-/m1/s1. The molecule has 0 aromatic heterocycles. The van der Waals surface area contributed by atoms with Crippen molar-refractivity contribution in [1.82, 2.24) is 0 Å². The minimum absolute atomic E-state index is 0.0609. The molecule has 0 aromatic rings. The van der Waals surface area contributed by atoms with Gasteiger partial charge < -0.3 is 14.2 Å². The second-order valence-corrected chi connectivity index (χ2v) is 20.3. The molecule has 0 unspecified atom stereocenters. The molecular formula is C59H114O6. The van der Waals surface area contributed by atoms with Crippen LogP contribution in [0.5, 0.6) is 0 Å². The van der Waals surface area contributed by atoms with Crippen molar-refractivity contribution in [3.05, 3.63) is 0 Å². The van der Waals surface area contributed by atoms with Crippen LogP contribution in [0.4, 0.5) is 0 Å². The molecule has 0 aliphatic rings. The Morgan fingerprint density at radius 3 is 0.615 bits per heavy atom. The Balaban J connectivity index is 4.28. The summed E-state index contributed by atoms with van der Waals surface area (Å²) >= 11 is 0. The van der Waals surface area contributed by atoms with Crippen LogP contribution in [0.1, 0.15) is 342 Å². The van der Waals surface area contributed by atoms with Gasteiger partial charge in [0.15, 0.2) is 6.10 Å². The van der Waals surface area contributed by atoms with E-state index in [0.717, 1.165) is 57.8 Å². The van der Waals surface area contributed by atoms with Gasteiger partial charge in [-0.2, -0.15) is 0 Å². The van der Waals surface area contributed by atoms with E-state index in [0.29, 0.717) is 19.3 Å². The van der Waals surface area contributed by atoms with Gasteiger partial charge >= 0.3 is 17.9 Å². The first-order chi connectivity index (χ1) is 32.0. The van der Waals surface area contributed by atoms with Gasteiger partial charge in [0.1, 0.15) is 13.2 Å². The van der Waals surface area contributed by atoms with Gasteiger partial charge in [0.05, 0.1) is 0 Å². The third kappa shape index (κ3) is 53.2. The fraction of sp³-hybridized carbons (Fsp3) is 0.949. The van der Waals surface area contributed by atoms with E-state index in [1.165, 1.54) is 244 Å². The van der Waals surface area contributed by atoms with Gasteiger partial charge in [-0.05, 0) is 19.3 Å². The Morgan fingerprint density at radius 1 is 0.246 bits per heavy atom. The van der Waals surface area contributed by atoms with Crippen molar-refractivity contribution in [3.63, 3.8) is 0 Å². The smallest absolute Gasteiger partial charge is 0.306 e. The Hall–Kier alpha value is -1.59. The molecule has 0 fully saturated rings. The number of hydrogen-bond acceptors (Lipinski definition) is 6. The van der Waals surface area contributed by atoms with E-state index < -0.39 is 6.10 Å². The molecular weight excluding hydrogens is 805 g/mol. The Morgan fingerprint density at radius 2 is 0.415 bits per heavy atom. The molecule has 0 saturated heterocycles. The number of ether oxygens (including phenoxy) is 3. The van der Waals surface area contributed by atoms with Crippen molar-refractivity contribution in [1.29, 1.82) is 0 Å². The van der Waals surface area contributed by atoms with Crippen LogP contribution in [0.15, 0.2) is 0 Å². The monoisotopic (exact) mass is 919 g/mol. The molecule has 0 heterocycles. The molecule has 1 atom stereocenters. The fourth-order valence-electron chi connectivity index (χ4n) is 9.15. The van der Waals surface area contributed by atoms with Crippen molar-refractivity contribution in [2.24, 2.45) is 0 Å². The van der Waals surface area contributed by atoms with E-state index in [-0.39, 0.29) is 31.1 Å². The number of hydrogen-bond donors (Lipinski definition) is 0. The normalized spacial score (nSPS) is 11.9. The van der Waals surface area contributed by atoms with Crippen molar-refractivity contribution in [3.8, 4) is 0 Å². The van der Waals surface area contributed by atoms with Gasteiger partial charge in [-0.1, -0.05) is 303 Å². The minimum Gasteiger partial charge on any atom is -0.462 e. The predicted molar refractivity (Wildman–Crippen MR) is 280 cm³/mol. The zero-order valence-electron chi connectivity index (χ0n) is 44.3. The number of esters is 3. The molecule has 65 heavy (non-hydrogen) atoms. The van der Waals surface area contributed by atoms with Crippen molar-refractivity contribution >= 4 is 17.9 Å². The lowest BCUT2D eigenvalue weighted by Crippen LogP contribution is -2.30. The van der Waals surface area contributed by atoms with Crippen LogP contribution in [0.2, 0.25) is 0 Å². The molecule has 0 aliphatic carbocycles. The quantitative estimate of drug-likeness (QED) is 0.0344. The molecule has 0 spiro atoms. The average molecular weight is 920 g/mol. The number of unbranched alkanes of at least 4 members (excludes halogenated alkanes) is 44. The highest BCUT2D eigenvalue weighted by atomic mass is 16.6. The molecule has 0 bridgehead atoms. The maximum absolute atomic E-state index is 12.8. The van der Waals surface area contributed by atoms with Crippen LogP contribution >= 0.6 is 0 Å². The lowest BCUT2D eigenvalue weighted by molar-refractivity contribution is -0.167. The van der Waals surface area contributed by atoms with Gasteiger partial charge in [0.2, 0.25) is 0 Å². The summed E-state index contributed by atoms with van der Waals surface area (Å²) < 4.78 is 16.9. The largest absolute Gasteiger partial charge is 0.462 e. The first-order valence-corrected chi connectivity index (χ1v) is 29.5. The molecule has 0 N–H and O–H groups in total. The van der Waals surface area contributed by atoms with E-state index in [4.69, 9.17) is 14.2 Å². The SMILES string of the molecule is CCCCCCCCCCCCCCCCCCCCC(=O)OC[C@@H](COC(=O)CCCCCCCCCCCCCCCC)OC(=O)CCCCCCCCCCCCCCCCC. The van der Waals surface area contributed by atoms with Gasteiger partial charge in [-0.15, -0.1) is 0 Å². The van der Waals surface area contributed by atoms with E-state index in [9.17, 15) is 14.4 Å². The van der Waals surface area contributed by atoms with Crippen LogP contribution in [0, 0.1) is 0 Å². The van der Waals surface area contributed by atoms with Gasteiger partial charge in [-0.3, -0.25) is 14.4 Å². The van der Waals surface area contributed by atoms with Crippen LogP contribution in [-0.4, -0.2) is 37.2 Å². The zero-order chi connectivity index (χ0) is 47.2. The summed E-state index contributed by atoms with van der Waals surface area (Å²) in [7, 11) is 0. The average Bonchev–Trinajstić information content (AvgIpc) is 3.30. The molecule has 0 aromatic carbocycles. The van der Waals surface area contributed by atoms with Crippen LogP contribution < -0.4 is 0 Å². The molecule has 0 rings (SSSR count). The maximum Gasteiger partial charge on any atom is 0.306 e. The zero-order valence-corrected chi connectivity index (χ0v) is 44.3.